The zero-order valence-corrected chi connectivity index (χ0v) is 16.9. The molecule has 1 amide bonds. The minimum Gasteiger partial charge on any atom is -0.384 e. The summed E-state index contributed by atoms with van der Waals surface area (Å²) in [6.45, 7) is 6.88. The van der Waals surface area contributed by atoms with E-state index in [0.717, 1.165) is 37.3 Å². The number of nitrogens with zero attached hydrogens (tertiary/aromatic N) is 4. The second kappa shape index (κ2) is 9.45. The summed E-state index contributed by atoms with van der Waals surface area (Å²) in [7, 11) is 1.70. The summed E-state index contributed by atoms with van der Waals surface area (Å²) in [5.74, 6) is 0.329. The molecule has 146 valence electrons. The third kappa shape index (κ3) is 4.82. The number of ether oxygens (including phenoxy) is 1. The Morgan fingerprint density at radius 1 is 1.31 bits per heavy atom. The Morgan fingerprint density at radius 3 is 2.65 bits per heavy atom. The Kier molecular flexibility index (Phi) is 8.20. The fraction of sp³-hybridized carbons (Fsp3) is 0.625. The summed E-state index contributed by atoms with van der Waals surface area (Å²) >= 11 is 0. The van der Waals surface area contributed by atoms with Gasteiger partial charge < -0.3 is 15.4 Å². The normalized spacial score (nSPS) is 15.8. The summed E-state index contributed by atoms with van der Waals surface area (Å²) in [4.78, 5) is 21.0. The van der Waals surface area contributed by atoms with Crippen LogP contribution in [0.5, 0.6) is 0 Å². The molecule has 2 aromatic heterocycles. The lowest BCUT2D eigenvalue weighted by atomic mass is 9.79. The van der Waals surface area contributed by atoms with Crippen molar-refractivity contribution in [2.45, 2.75) is 26.7 Å². The zero-order chi connectivity index (χ0) is 17.2. The number of rotatable bonds is 5. The second-order valence-electron chi connectivity index (χ2n) is 6.55. The van der Waals surface area contributed by atoms with Gasteiger partial charge in [0.1, 0.15) is 0 Å². The van der Waals surface area contributed by atoms with E-state index >= 15 is 0 Å². The van der Waals surface area contributed by atoms with Gasteiger partial charge in [-0.05, 0) is 45.8 Å². The fourth-order valence-corrected chi connectivity index (χ4v) is 3.24. The smallest absolute Gasteiger partial charge is 0.291 e. The van der Waals surface area contributed by atoms with Gasteiger partial charge in [0.25, 0.3) is 11.7 Å². The number of aromatic nitrogens is 4. The van der Waals surface area contributed by atoms with Crippen molar-refractivity contribution < 1.29 is 9.53 Å². The lowest BCUT2D eigenvalue weighted by Gasteiger charge is -2.37. The molecular formula is C16H26Cl2N6O2. The van der Waals surface area contributed by atoms with Gasteiger partial charge in [-0.3, -0.25) is 4.79 Å². The lowest BCUT2D eigenvalue weighted by molar-refractivity contribution is 0.0509. The molecule has 1 aliphatic heterocycles. The first-order valence-electron chi connectivity index (χ1n) is 8.22. The van der Waals surface area contributed by atoms with Gasteiger partial charge in [0, 0.05) is 30.5 Å². The van der Waals surface area contributed by atoms with E-state index < -0.39 is 0 Å². The van der Waals surface area contributed by atoms with Gasteiger partial charge in [-0.2, -0.15) is 4.98 Å². The van der Waals surface area contributed by atoms with Crippen LogP contribution in [0.3, 0.4) is 0 Å². The lowest BCUT2D eigenvalue weighted by Crippen LogP contribution is -2.47. The Bertz CT molecular complexity index is 740. The van der Waals surface area contributed by atoms with Crippen LogP contribution in [0, 0.1) is 19.3 Å². The van der Waals surface area contributed by atoms with Crippen LogP contribution in [-0.2, 0) is 4.74 Å². The third-order valence-electron chi connectivity index (χ3n) is 4.56. The highest BCUT2D eigenvalue weighted by atomic mass is 35.5. The standard InChI is InChI=1S/C16H24N6O2.2ClH/c1-11-8-12(2)22-15(19-11)20-13(21-22)14(23)18-9-16(10-24-3)4-6-17-7-5-16;;/h8,17H,4-7,9-10H2,1-3H3,(H,18,23);2*1H. The largest absolute Gasteiger partial charge is 0.384 e. The van der Waals surface area contributed by atoms with Gasteiger partial charge in [-0.15, -0.1) is 29.9 Å². The molecule has 0 unspecified atom stereocenters. The topological polar surface area (TPSA) is 93.4 Å². The average molecular weight is 405 g/mol. The molecule has 0 spiro atoms. The van der Waals surface area contributed by atoms with Gasteiger partial charge in [0.15, 0.2) is 0 Å². The minimum atomic E-state index is -0.272. The number of aryl methyl sites for hydroxylation is 2. The summed E-state index contributed by atoms with van der Waals surface area (Å²) in [6, 6.07) is 1.91. The summed E-state index contributed by atoms with van der Waals surface area (Å²) in [5, 5.41) is 10.6. The molecule has 0 saturated carbocycles. The first-order chi connectivity index (χ1) is 11.5. The molecule has 0 aromatic carbocycles. The first-order valence-corrected chi connectivity index (χ1v) is 8.22. The molecule has 2 aromatic rings. The van der Waals surface area contributed by atoms with E-state index in [4.69, 9.17) is 4.74 Å². The molecule has 2 N–H and O–H groups in total. The molecule has 0 bridgehead atoms. The Labute approximate surface area is 165 Å². The number of amides is 1. The molecular weight excluding hydrogens is 379 g/mol. The van der Waals surface area contributed by atoms with Crippen molar-refractivity contribution in [1.29, 1.82) is 0 Å². The molecule has 26 heavy (non-hydrogen) atoms. The molecule has 0 radical (unpaired) electrons. The number of carbonyl (C=O) groups excluding carboxylic acids is 1. The van der Waals surface area contributed by atoms with Gasteiger partial charge in [0.05, 0.1) is 6.61 Å². The van der Waals surface area contributed by atoms with Gasteiger partial charge >= 0.3 is 0 Å². The highest BCUT2D eigenvalue weighted by molar-refractivity contribution is 5.90. The Hall–Kier alpha value is -1.48. The monoisotopic (exact) mass is 404 g/mol. The van der Waals surface area contributed by atoms with E-state index in [9.17, 15) is 4.79 Å². The molecule has 0 atom stereocenters. The van der Waals surface area contributed by atoms with Crippen molar-refractivity contribution in [2.24, 2.45) is 5.41 Å². The molecule has 1 fully saturated rings. The average Bonchev–Trinajstić information content (AvgIpc) is 2.98. The maximum Gasteiger partial charge on any atom is 0.291 e. The number of nitrogens with one attached hydrogen (secondary N) is 2. The van der Waals surface area contributed by atoms with Crippen LogP contribution in [0.25, 0.3) is 5.78 Å². The van der Waals surface area contributed by atoms with Crippen LogP contribution in [0.2, 0.25) is 0 Å². The molecule has 0 aliphatic carbocycles. The van der Waals surface area contributed by atoms with E-state index in [1.54, 1.807) is 11.6 Å². The van der Waals surface area contributed by atoms with E-state index in [1.165, 1.54) is 0 Å². The Balaban J connectivity index is 0.00000169. The number of methoxy groups -OCH3 is 1. The van der Waals surface area contributed by atoms with Crippen LogP contribution in [0.4, 0.5) is 0 Å². The maximum absolute atomic E-state index is 12.5. The van der Waals surface area contributed by atoms with Crippen molar-refractivity contribution in [2.75, 3.05) is 33.4 Å². The number of piperidine rings is 1. The van der Waals surface area contributed by atoms with Crippen molar-refractivity contribution in [1.82, 2.24) is 30.2 Å². The summed E-state index contributed by atoms with van der Waals surface area (Å²) < 4.78 is 6.97. The number of hydrogen-bond acceptors (Lipinski definition) is 6. The van der Waals surface area contributed by atoms with Crippen molar-refractivity contribution in [3.8, 4) is 0 Å². The molecule has 1 saturated heterocycles. The Morgan fingerprint density at radius 2 is 2.00 bits per heavy atom. The molecule has 3 rings (SSSR count). The minimum absolute atomic E-state index is 0. The van der Waals surface area contributed by atoms with E-state index in [0.29, 0.717) is 18.9 Å². The highest BCUT2D eigenvalue weighted by Gasteiger charge is 2.33. The van der Waals surface area contributed by atoms with E-state index in [2.05, 4.69) is 25.7 Å². The van der Waals surface area contributed by atoms with Crippen LogP contribution in [-0.4, -0.2) is 58.8 Å². The SMILES string of the molecule is COCC1(CNC(=O)c2nc3nc(C)cc(C)n3n2)CCNCC1.Cl.Cl. The predicted octanol–water partition coefficient (Wildman–Crippen LogP) is 1.33. The predicted molar refractivity (Wildman–Crippen MR) is 103 cm³/mol. The van der Waals surface area contributed by atoms with Gasteiger partial charge in [-0.25, -0.2) is 9.50 Å². The van der Waals surface area contributed by atoms with E-state index in [-0.39, 0.29) is 42.0 Å². The van der Waals surface area contributed by atoms with Crippen molar-refractivity contribution in [3.05, 3.63) is 23.3 Å². The first kappa shape index (κ1) is 22.6. The number of hydrogen-bond donors (Lipinski definition) is 2. The number of fused-ring (bicyclic) bond motifs is 1. The van der Waals surface area contributed by atoms with Gasteiger partial charge in [0.2, 0.25) is 5.82 Å². The molecule has 1 aliphatic rings. The summed E-state index contributed by atoms with van der Waals surface area (Å²) in [6.07, 6.45) is 1.94. The van der Waals surface area contributed by atoms with Crippen molar-refractivity contribution >= 4 is 36.5 Å². The fourth-order valence-electron chi connectivity index (χ4n) is 3.24. The van der Waals surface area contributed by atoms with Crippen LogP contribution in [0.15, 0.2) is 6.07 Å². The van der Waals surface area contributed by atoms with E-state index in [1.807, 2.05) is 19.9 Å². The number of carbonyl (C=O) groups is 1. The van der Waals surface area contributed by atoms with Crippen molar-refractivity contribution in [3.63, 3.8) is 0 Å². The molecule has 3 heterocycles. The van der Waals surface area contributed by atoms with Gasteiger partial charge in [-0.1, -0.05) is 0 Å². The quantitative estimate of drug-likeness (QED) is 0.780. The summed E-state index contributed by atoms with van der Waals surface area (Å²) in [5.41, 5.74) is 1.73. The molecule has 8 nitrogen and oxygen atoms in total. The molecule has 10 heteroatoms. The third-order valence-corrected chi connectivity index (χ3v) is 4.56. The number of halogens is 2. The van der Waals surface area contributed by atoms with Crippen LogP contribution < -0.4 is 10.6 Å². The second-order valence-corrected chi connectivity index (χ2v) is 6.55. The highest BCUT2D eigenvalue weighted by Crippen LogP contribution is 2.28. The maximum atomic E-state index is 12.5. The van der Waals surface area contributed by atoms with Crippen LogP contribution in [0.1, 0.15) is 34.8 Å². The van der Waals surface area contributed by atoms with Crippen LogP contribution >= 0.6 is 24.8 Å². The zero-order valence-electron chi connectivity index (χ0n) is 15.2.